The Labute approximate surface area is 206 Å². The van der Waals surface area contributed by atoms with Gasteiger partial charge in [0.1, 0.15) is 18.4 Å². The maximum Gasteiger partial charge on any atom is 0.330 e. The van der Waals surface area contributed by atoms with E-state index in [9.17, 15) is 24.2 Å². The number of aromatic amines is 1. The van der Waals surface area contributed by atoms with Crippen LogP contribution in [0.4, 0.5) is 4.39 Å². The molecule has 1 aliphatic heterocycles. The largest absolute Gasteiger partial charge is 0.390 e. The average molecular weight is 489 g/mol. The van der Waals surface area contributed by atoms with Gasteiger partial charge in [0.25, 0.3) is 5.56 Å². The van der Waals surface area contributed by atoms with Gasteiger partial charge in [-0.1, -0.05) is 91.0 Å². The molecule has 3 aromatic carbocycles. The lowest BCUT2D eigenvalue weighted by Crippen LogP contribution is -2.51. The first kappa shape index (κ1) is 23.9. The maximum atomic E-state index is 13.9. The zero-order valence-electron chi connectivity index (χ0n) is 19.2. The van der Waals surface area contributed by atoms with Crippen molar-refractivity contribution < 1.29 is 19.3 Å². The summed E-state index contributed by atoms with van der Waals surface area (Å²) in [5, 5.41) is 23.2. The van der Waals surface area contributed by atoms with Crippen LogP contribution in [0.5, 0.6) is 0 Å². The maximum absolute atomic E-state index is 13.9. The van der Waals surface area contributed by atoms with E-state index in [0.29, 0.717) is 0 Å². The number of rotatable bonds is 6. The molecule has 0 radical (unpaired) electrons. The second-order valence-corrected chi connectivity index (χ2v) is 8.85. The number of H-pyrrole nitrogens is 1. The molecule has 1 saturated heterocycles. The molecule has 1 aliphatic rings. The highest BCUT2D eigenvalue weighted by molar-refractivity contribution is 5.52. The van der Waals surface area contributed by atoms with Gasteiger partial charge in [0.2, 0.25) is 5.82 Å². The van der Waals surface area contributed by atoms with Crippen molar-refractivity contribution in [1.29, 1.82) is 0 Å². The van der Waals surface area contributed by atoms with E-state index in [1.165, 1.54) is 0 Å². The van der Waals surface area contributed by atoms with E-state index in [1.54, 1.807) is 0 Å². The summed E-state index contributed by atoms with van der Waals surface area (Å²) in [6.07, 6.45) is -4.04. The van der Waals surface area contributed by atoms with Crippen LogP contribution in [0.25, 0.3) is 0 Å². The highest BCUT2D eigenvalue weighted by Crippen LogP contribution is 2.46. The summed E-state index contributed by atoms with van der Waals surface area (Å²) < 4.78 is 20.9. The second-order valence-electron chi connectivity index (χ2n) is 8.85. The molecule has 8 heteroatoms. The van der Waals surface area contributed by atoms with Gasteiger partial charge in [-0.25, -0.2) is 4.79 Å². The summed E-state index contributed by atoms with van der Waals surface area (Å²) in [4.78, 5) is 25.7. The molecule has 0 aliphatic carbocycles. The van der Waals surface area contributed by atoms with Crippen molar-refractivity contribution in [3.63, 3.8) is 0 Å². The Morgan fingerprint density at radius 2 is 1.36 bits per heavy atom. The van der Waals surface area contributed by atoms with Crippen molar-refractivity contribution >= 4 is 0 Å². The van der Waals surface area contributed by atoms with Crippen molar-refractivity contribution in [2.75, 3.05) is 0 Å². The minimum absolute atomic E-state index is 0.0818. The van der Waals surface area contributed by atoms with Crippen molar-refractivity contribution in [3.8, 4) is 0 Å². The fourth-order valence-electron chi connectivity index (χ4n) is 5.17. The van der Waals surface area contributed by atoms with Gasteiger partial charge in [-0.15, -0.1) is 0 Å². The fraction of sp³-hybridized carbons (Fsp3) is 0.214. The molecule has 184 valence electrons. The predicted molar refractivity (Wildman–Crippen MR) is 131 cm³/mol. The van der Waals surface area contributed by atoms with Crippen LogP contribution in [0.15, 0.2) is 107 Å². The molecule has 4 aromatic rings. The molecule has 1 unspecified atom stereocenters. The van der Waals surface area contributed by atoms with Gasteiger partial charge in [-0.05, 0) is 16.7 Å². The molecule has 7 nitrogen and oxygen atoms in total. The number of hydrogen-bond donors (Lipinski definition) is 3. The summed E-state index contributed by atoms with van der Waals surface area (Å²) in [5.41, 5.74) is -0.813. The number of aliphatic hydroxyl groups excluding tert-OH is 2. The summed E-state index contributed by atoms with van der Waals surface area (Å²) in [6, 6.07) is 28.3. The molecule has 1 fully saturated rings. The standard InChI is InChI=1S/C28H25FN2O5/c29-21-17-31(27(35)30-26(21)34)23-16-22(32)24(36-23)25(33)28(18-10-4-1-5-11-18,19-12-6-2-7-13-19)20-14-8-3-9-15-20/h1-15,17,22-25,32-33H,16H2,(H,30,34,35)/t22-,23+,24-,25?/m0/s1. The van der Waals surface area contributed by atoms with E-state index in [4.69, 9.17) is 4.74 Å². The van der Waals surface area contributed by atoms with E-state index >= 15 is 0 Å². The van der Waals surface area contributed by atoms with Crippen LogP contribution in [-0.2, 0) is 10.2 Å². The molecule has 1 aromatic heterocycles. The molecule has 0 amide bonds. The van der Waals surface area contributed by atoms with Crippen LogP contribution in [0.2, 0.25) is 0 Å². The van der Waals surface area contributed by atoms with Gasteiger partial charge in [-0.2, -0.15) is 4.39 Å². The molecule has 0 spiro atoms. The van der Waals surface area contributed by atoms with Crippen LogP contribution in [-0.4, -0.2) is 38.1 Å². The first-order valence-corrected chi connectivity index (χ1v) is 11.6. The Balaban J connectivity index is 1.66. The van der Waals surface area contributed by atoms with Crippen molar-refractivity contribution in [2.24, 2.45) is 0 Å². The Morgan fingerprint density at radius 3 is 1.83 bits per heavy atom. The smallest absolute Gasteiger partial charge is 0.330 e. The van der Waals surface area contributed by atoms with E-state index in [2.05, 4.69) is 0 Å². The van der Waals surface area contributed by atoms with Gasteiger partial charge in [0, 0.05) is 6.42 Å². The first-order chi connectivity index (χ1) is 17.4. The normalized spacial score (nSPS) is 20.8. The highest BCUT2D eigenvalue weighted by Gasteiger charge is 2.52. The topological polar surface area (TPSA) is 105 Å². The van der Waals surface area contributed by atoms with E-state index in [-0.39, 0.29) is 6.42 Å². The second kappa shape index (κ2) is 9.66. The summed E-state index contributed by atoms with van der Waals surface area (Å²) in [6.45, 7) is 0. The van der Waals surface area contributed by atoms with Crippen molar-refractivity contribution in [3.05, 3.63) is 141 Å². The van der Waals surface area contributed by atoms with Gasteiger partial charge < -0.3 is 14.9 Å². The van der Waals surface area contributed by atoms with Crippen molar-refractivity contribution in [1.82, 2.24) is 9.55 Å². The molecule has 4 atom stereocenters. The minimum Gasteiger partial charge on any atom is -0.390 e. The molecule has 0 bridgehead atoms. The minimum atomic E-state index is -1.31. The van der Waals surface area contributed by atoms with Crippen LogP contribution in [0.1, 0.15) is 29.3 Å². The zero-order valence-corrected chi connectivity index (χ0v) is 19.2. The number of aromatic nitrogens is 2. The number of nitrogens with zero attached hydrogens (tertiary/aromatic N) is 1. The lowest BCUT2D eigenvalue weighted by molar-refractivity contribution is -0.0978. The van der Waals surface area contributed by atoms with Crippen LogP contribution in [0, 0.1) is 5.82 Å². The lowest BCUT2D eigenvalue weighted by Gasteiger charge is -2.42. The first-order valence-electron chi connectivity index (χ1n) is 11.6. The summed E-state index contributed by atoms with van der Waals surface area (Å²) in [7, 11) is 0. The Bertz CT molecular complexity index is 1340. The van der Waals surface area contributed by atoms with Gasteiger partial charge in [0.05, 0.1) is 17.7 Å². The summed E-state index contributed by atoms with van der Waals surface area (Å²) >= 11 is 0. The van der Waals surface area contributed by atoms with E-state index in [0.717, 1.165) is 27.5 Å². The van der Waals surface area contributed by atoms with Crippen LogP contribution < -0.4 is 11.2 Å². The van der Waals surface area contributed by atoms with Gasteiger partial charge in [0.15, 0.2) is 0 Å². The predicted octanol–water partition coefficient (Wildman–Crippen LogP) is 2.72. The van der Waals surface area contributed by atoms with E-state index < -0.39 is 47.0 Å². The van der Waals surface area contributed by atoms with Gasteiger partial charge >= 0.3 is 5.69 Å². The Hall–Kier alpha value is -3.85. The number of nitrogens with one attached hydrogen (secondary N) is 1. The number of aliphatic hydroxyl groups is 2. The molecule has 5 rings (SSSR count). The number of hydrogen-bond acceptors (Lipinski definition) is 5. The van der Waals surface area contributed by atoms with E-state index in [1.807, 2.05) is 96.0 Å². The average Bonchev–Trinajstić information content (AvgIpc) is 3.29. The Kier molecular flexibility index (Phi) is 6.40. The van der Waals surface area contributed by atoms with Crippen LogP contribution in [0.3, 0.4) is 0 Å². The monoisotopic (exact) mass is 488 g/mol. The fourth-order valence-corrected chi connectivity index (χ4v) is 5.17. The molecule has 0 saturated carbocycles. The van der Waals surface area contributed by atoms with Crippen molar-refractivity contribution in [2.45, 2.75) is 36.4 Å². The third-order valence-electron chi connectivity index (χ3n) is 6.81. The molecule has 2 heterocycles. The van der Waals surface area contributed by atoms with Crippen LogP contribution >= 0.6 is 0 Å². The highest BCUT2D eigenvalue weighted by atomic mass is 19.1. The third-order valence-corrected chi connectivity index (χ3v) is 6.81. The quantitative estimate of drug-likeness (QED) is 0.362. The number of benzene rings is 3. The Morgan fingerprint density at radius 1 is 0.889 bits per heavy atom. The molecule has 36 heavy (non-hydrogen) atoms. The number of halogens is 1. The third kappa shape index (κ3) is 3.99. The summed E-state index contributed by atoms with van der Waals surface area (Å²) in [5.74, 6) is -1.15. The SMILES string of the molecule is O=c1[nH]c(=O)n([C@H]2C[C@H](O)[C@@H](C(O)C(c3ccccc3)(c3ccccc3)c3ccccc3)O2)cc1F. The molecule has 3 N–H and O–H groups in total. The molecular weight excluding hydrogens is 463 g/mol. The molecular formula is C28H25FN2O5. The van der Waals surface area contributed by atoms with Gasteiger partial charge in [-0.3, -0.25) is 14.3 Å². The zero-order chi connectivity index (χ0) is 25.3. The number of ether oxygens (including phenoxy) is 1. The lowest BCUT2D eigenvalue weighted by atomic mass is 9.64.